The van der Waals surface area contributed by atoms with Crippen molar-refractivity contribution in [3.05, 3.63) is 68.9 Å². The second-order valence-corrected chi connectivity index (χ2v) is 5.89. The van der Waals surface area contributed by atoms with Gasteiger partial charge in [-0.3, -0.25) is 9.78 Å². The Bertz CT molecular complexity index is 1140. The SMILES string of the molecule is COC(=O)c1c(O)c2ncc(Cc3ccc(F)cc3C(F)(F)F)cc2[nH]c1=O. The van der Waals surface area contributed by atoms with Crippen LogP contribution in [0.1, 0.15) is 27.0 Å². The number of benzene rings is 1. The monoisotopic (exact) mass is 396 g/mol. The zero-order chi connectivity index (χ0) is 20.6. The highest BCUT2D eigenvalue weighted by Crippen LogP contribution is 2.34. The minimum absolute atomic E-state index is 0.0170. The second-order valence-electron chi connectivity index (χ2n) is 5.89. The Morgan fingerprint density at radius 2 is 2.00 bits per heavy atom. The van der Waals surface area contributed by atoms with Crippen LogP contribution in [0.5, 0.6) is 5.75 Å². The van der Waals surface area contributed by atoms with Crippen LogP contribution in [0.3, 0.4) is 0 Å². The third kappa shape index (κ3) is 3.53. The number of carbonyl (C=O) groups is 1. The van der Waals surface area contributed by atoms with Gasteiger partial charge >= 0.3 is 12.1 Å². The lowest BCUT2D eigenvalue weighted by atomic mass is 9.99. The Labute approximate surface area is 154 Å². The van der Waals surface area contributed by atoms with E-state index in [-0.39, 0.29) is 28.6 Å². The number of alkyl halides is 3. The highest BCUT2D eigenvalue weighted by molar-refractivity contribution is 5.97. The molecular weight excluding hydrogens is 384 g/mol. The maximum atomic E-state index is 13.2. The molecule has 0 bridgehead atoms. The molecule has 0 radical (unpaired) electrons. The Hall–Kier alpha value is -3.43. The molecule has 0 atom stereocenters. The van der Waals surface area contributed by atoms with Gasteiger partial charge in [-0.2, -0.15) is 13.2 Å². The average Bonchev–Trinajstić information content (AvgIpc) is 2.62. The van der Waals surface area contributed by atoms with E-state index in [1.165, 1.54) is 12.3 Å². The number of aromatic hydroxyl groups is 1. The fraction of sp³-hybridized carbons (Fsp3) is 0.167. The van der Waals surface area contributed by atoms with E-state index in [9.17, 15) is 32.3 Å². The van der Waals surface area contributed by atoms with Crippen LogP contribution in [0.2, 0.25) is 0 Å². The first kappa shape index (κ1) is 19.3. The van der Waals surface area contributed by atoms with Crippen LogP contribution in [0.25, 0.3) is 11.0 Å². The molecular formula is C18H12F4N2O4. The van der Waals surface area contributed by atoms with E-state index in [2.05, 4.69) is 14.7 Å². The smallest absolute Gasteiger partial charge is 0.416 e. The summed E-state index contributed by atoms with van der Waals surface area (Å²) in [6, 6.07) is 3.65. The number of rotatable bonds is 3. The quantitative estimate of drug-likeness (QED) is 0.524. The number of halogens is 4. The maximum absolute atomic E-state index is 13.2. The van der Waals surface area contributed by atoms with E-state index in [1.807, 2.05) is 0 Å². The van der Waals surface area contributed by atoms with Gasteiger partial charge in [-0.1, -0.05) is 6.07 Å². The van der Waals surface area contributed by atoms with Gasteiger partial charge < -0.3 is 14.8 Å². The van der Waals surface area contributed by atoms with E-state index in [0.29, 0.717) is 6.07 Å². The van der Waals surface area contributed by atoms with Crippen LogP contribution in [0, 0.1) is 5.82 Å². The topological polar surface area (TPSA) is 92.3 Å². The number of ether oxygens (including phenoxy) is 1. The van der Waals surface area contributed by atoms with Crippen LogP contribution in [0.15, 0.2) is 35.3 Å². The molecule has 0 saturated carbocycles. The Kier molecular flexibility index (Phi) is 4.80. The number of pyridine rings is 2. The first-order chi connectivity index (χ1) is 13.1. The number of nitrogens with one attached hydrogen (secondary N) is 1. The normalized spacial score (nSPS) is 11.6. The summed E-state index contributed by atoms with van der Waals surface area (Å²) in [5.41, 5.74) is -2.72. The molecule has 28 heavy (non-hydrogen) atoms. The van der Waals surface area contributed by atoms with Crippen molar-refractivity contribution in [3.8, 4) is 5.75 Å². The summed E-state index contributed by atoms with van der Waals surface area (Å²) in [6.07, 6.45) is -3.81. The van der Waals surface area contributed by atoms with Crippen LogP contribution in [-0.4, -0.2) is 28.2 Å². The molecule has 2 heterocycles. The van der Waals surface area contributed by atoms with Gasteiger partial charge in [0.2, 0.25) is 0 Å². The molecule has 0 amide bonds. The largest absolute Gasteiger partial charge is 0.505 e. The maximum Gasteiger partial charge on any atom is 0.416 e. The summed E-state index contributed by atoms with van der Waals surface area (Å²) in [5.74, 6) is -2.78. The number of nitrogens with zero attached hydrogens (tertiary/aromatic N) is 1. The summed E-state index contributed by atoms with van der Waals surface area (Å²) in [5, 5.41) is 10.1. The molecule has 3 aromatic rings. The minimum atomic E-state index is -4.75. The molecule has 0 unspecified atom stereocenters. The van der Waals surface area contributed by atoms with Crippen molar-refractivity contribution in [3.63, 3.8) is 0 Å². The van der Waals surface area contributed by atoms with Gasteiger partial charge in [0.25, 0.3) is 5.56 Å². The number of methoxy groups -OCH3 is 1. The van der Waals surface area contributed by atoms with Crippen molar-refractivity contribution in [2.45, 2.75) is 12.6 Å². The fourth-order valence-corrected chi connectivity index (χ4v) is 2.78. The third-order valence-corrected chi connectivity index (χ3v) is 4.04. The molecule has 0 spiro atoms. The molecule has 2 aromatic heterocycles. The van der Waals surface area contributed by atoms with E-state index >= 15 is 0 Å². The summed E-state index contributed by atoms with van der Waals surface area (Å²) >= 11 is 0. The van der Waals surface area contributed by atoms with Crippen LogP contribution < -0.4 is 5.56 Å². The summed E-state index contributed by atoms with van der Waals surface area (Å²) in [4.78, 5) is 29.9. The Morgan fingerprint density at radius 3 is 2.64 bits per heavy atom. The van der Waals surface area contributed by atoms with Gasteiger partial charge in [0.1, 0.15) is 11.3 Å². The molecule has 146 valence electrons. The number of carbonyl (C=O) groups excluding carboxylic acids is 1. The number of fused-ring (bicyclic) bond motifs is 1. The molecule has 0 aliphatic carbocycles. The minimum Gasteiger partial charge on any atom is -0.505 e. The predicted octanol–water partition coefficient (Wildman–Crippen LogP) is 3.16. The zero-order valence-electron chi connectivity index (χ0n) is 14.2. The lowest BCUT2D eigenvalue weighted by Gasteiger charge is -2.13. The highest BCUT2D eigenvalue weighted by Gasteiger charge is 2.33. The standard InChI is InChI=1S/C18H12F4N2O4/c1-28-17(27)13-15(25)14-12(24-16(13)26)5-8(7-23-14)4-9-2-3-10(19)6-11(9)18(20,21)22/h2-3,5-7H,4H2,1H3,(H2,24,25,26). The lowest BCUT2D eigenvalue weighted by molar-refractivity contribution is -0.138. The average molecular weight is 396 g/mol. The third-order valence-electron chi connectivity index (χ3n) is 4.04. The van der Waals surface area contributed by atoms with Gasteiger partial charge in [0.05, 0.1) is 18.2 Å². The van der Waals surface area contributed by atoms with Crippen LogP contribution >= 0.6 is 0 Å². The molecule has 0 aliphatic heterocycles. The lowest BCUT2D eigenvalue weighted by Crippen LogP contribution is -2.19. The van der Waals surface area contributed by atoms with Crippen molar-refractivity contribution in [1.29, 1.82) is 0 Å². The summed E-state index contributed by atoms with van der Waals surface area (Å²) < 4.78 is 57.1. The highest BCUT2D eigenvalue weighted by atomic mass is 19.4. The summed E-state index contributed by atoms with van der Waals surface area (Å²) in [6.45, 7) is 0. The van der Waals surface area contributed by atoms with E-state index in [0.717, 1.165) is 19.2 Å². The number of hydrogen-bond acceptors (Lipinski definition) is 5. The number of aromatic amines is 1. The molecule has 2 N–H and O–H groups in total. The second kappa shape index (κ2) is 6.95. The van der Waals surface area contributed by atoms with Gasteiger partial charge in [0, 0.05) is 6.20 Å². The van der Waals surface area contributed by atoms with Crippen molar-refractivity contribution >= 4 is 17.0 Å². The fourth-order valence-electron chi connectivity index (χ4n) is 2.78. The number of esters is 1. The van der Waals surface area contributed by atoms with Crippen LogP contribution in [0.4, 0.5) is 17.6 Å². The van der Waals surface area contributed by atoms with Crippen LogP contribution in [-0.2, 0) is 17.3 Å². The molecule has 3 rings (SSSR count). The van der Waals surface area contributed by atoms with E-state index in [4.69, 9.17) is 0 Å². The zero-order valence-corrected chi connectivity index (χ0v) is 14.2. The molecule has 6 nitrogen and oxygen atoms in total. The molecule has 10 heteroatoms. The number of aromatic nitrogens is 2. The number of hydrogen-bond donors (Lipinski definition) is 2. The van der Waals surface area contributed by atoms with Gasteiger partial charge in [-0.15, -0.1) is 0 Å². The first-order valence-corrected chi connectivity index (χ1v) is 7.79. The van der Waals surface area contributed by atoms with Crippen molar-refractivity contribution in [1.82, 2.24) is 9.97 Å². The van der Waals surface area contributed by atoms with Crippen molar-refractivity contribution in [2.75, 3.05) is 7.11 Å². The molecule has 0 fully saturated rings. The molecule has 0 aliphatic rings. The molecule has 1 aromatic carbocycles. The first-order valence-electron chi connectivity index (χ1n) is 7.79. The van der Waals surface area contributed by atoms with Gasteiger partial charge in [0.15, 0.2) is 11.3 Å². The Morgan fingerprint density at radius 1 is 1.29 bits per heavy atom. The van der Waals surface area contributed by atoms with Gasteiger partial charge in [-0.25, -0.2) is 9.18 Å². The molecule has 0 saturated heterocycles. The Balaban J connectivity index is 2.08. The van der Waals surface area contributed by atoms with E-state index < -0.39 is 40.4 Å². The number of H-pyrrole nitrogens is 1. The van der Waals surface area contributed by atoms with Crippen molar-refractivity contribution < 1.29 is 32.2 Å². The summed E-state index contributed by atoms with van der Waals surface area (Å²) in [7, 11) is 1.03. The van der Waals surface area contributed by atoms with Gasteiger partial charge in [-0.05, 0) is 35.7 Å². The predicted molar refractivity (Wildman–Crippen MR) is 89.6 cm³/mol. The van der Waals surface area contributed by atoms with Crippen molar-refractivity contribution in [2.24, 2.45) is 0 Å². The van der Waals surface area contributed by atoms with E-state index in [1.54, 1.807) is 0 Å².